The molecule has 1 unspecified atom stereocenters. The van der Waals surface area contributed by atoms with E-state index in [4.69, 9.17) is 8.81 Å². The van der Waals surface area contributed by atoms with Gasteiger partial charge in [-0.25, -0.2) is 0 Å². The van der Waals surface area contributed by atoms with E-state index in [1.54, 1.807) is 0 Å². The summed E-state index contributed by atoms with van der Waals surface area (Å²) in [5.74, 6) is 0. The van der Waals surface area contributed by atoms with Crippen molar-refractivity contribution in [2.24, 2.45) is 5.73 Å². The molecule has 0 radical (unpaired) electrons. The SMILES string of the molecule is CC(N)CC[CH2][Sn+]([CH3])[O]C(C)C.[Cl-]. The standard InChI is InChI=1S/C5H12N.C3H7O.CH3.ClH.Sn/c1-3-4-5(2)6;1-3(2)4;;;/h5H,1,3-4,6H2,2H3;3H,1-2H3;1H3;1H;/q;-1;;;+2/p-1. The Kier molecular flexibility index (Phi) is 12.1. The molecule has 2 nitrogen and oxygen atoms in total. The second-order valence-corrected chi connectivity index (χ2v) is 9.85. The molecule has 2 N–H and O–H groups in total. The molecule has 0 aliphatic carbocycles. The Labute approximate surface area is 96.3 Å². The molecule has 4 heteroatoms. The molecule has 0 aliphatic heterocycles. The molecule has 0 saturated carbocycles. The van der Waals surface area contributed by atoms with E-state index in [2.05, 4.69) is 25.7 Å². The first-order valence-corrected chi connectivity index (χ1v) is 10.8. The predicted molar refractivity (Wildman–Crippen MR) is 55.5 cm³/mol. The monoisotopic (exact) mass is 315 g/mol. The molecule has 0 aromatic carbocycles. The van der Waals surface area contributed by atoms with Gasteiger partial charge in [0.05, 0.1) is 0 Å². The molecule has 0 fully saturated rings. The van der Waals surface area contributed by atoms with Gasteiger partial charge < -0.3 is 12.4 Å². The van der Waals surface area contributed by atoms with Crippen LogP contribution in [0.4, 0.5) is 0 Å². The van der Waals surface area contributed by atoms with Crippen molar-refractivity contribution in [1.82, 2.24) is 0 Å². The van der Waals surface area contributed by atoms with E-state index >= 15 is 0 Å². The zero-order valence-electron chi connectivity index (χ0n) is 9.14. The molecule has 0 spiro atoms. The molecule has 0 aliphatic rings. The van der Waals surface area contributed by atoms with Gasteiger partial charge in [0.15, 0.2) is 0 Å². The summed E-state index contributed by atoms with van der Waals surface area (Å²) in [7, 11) is 0. The van der Waals surface area contributed by atoms with Crippen LogP contribution in [0.15, 0.2) is 0 Å². The molecule has 0 saturated heterocycles. The van der Waals surface area contributed by atoms with E-state index in [-0.39, 0.29) is 12.4 Å². The van der Waals surface area contributed by atoms with E-state index in [0.717, 1.165) is 6.42 Å². The van der Waals surface area contributed by atoms with Crippen molar-refractivity contribution < 1.29 is 15.5 Å². The van der Waals surface area contributed by atoms with Crippen molar-refractivity contribution >= 4 is 20.2 Å². The third-order valence-electron chi connectivity index (χ3n) is 1.63. The maximum atomic E-state index is 5.79. The summed E-state index contributed by atoms with van der Waals surface area (Å²) < 4.78 is 7.11. The van der Waals surface area contributed by atoms with E-state index in [9.17, 15) is 0 Å². The summed E-state index contributed by atoms with van der Waals surface area (Å²) in [5, 5.41) is 0. The maximum Gasteiger partial charge on any atom is -1.00 e. The topological polar surface area (TPSA) is 35.2 Å². The fourth-order valence-electron chi connectivity index (χ4n) is 1.13. The van der Waals surface area contributed by atoms with Crippen LogP contribution >= 0.6 is 0 Å². The van der Waals surface area contributed by atoms with Crippen molar-refractivity contribution in [3.05, 3.63) is 0 Å². The Bertz CT molecular complexity index is 112. The molecule has 0 bridgehead atoms. The molecule has 0 amide bonds. The fraction of sp³-hybridized carbons (Fsp3) is 1.00. The number of hydrogen-bond acceptors (Lipinski definition) is 2. The van der Waals surface area contributed by atoms with Crippen LogP contribution in [-0.2, 0) is 3.07 Å². The maximum absolute atomic E-state index is 5.79. The molecular formula is C9H22ClNOSn. The van der Waals surface area contributed by atoms with Gasteiger partial charge in [0.1, 0.15) is 0 Å². The van der Waals surface area contributed by atoms with Crippen molar-refractivity contribution in [3.63, 3.8) is 0 Å². The molecular weight excluding hydrogens is 292 g/mol. The molecule has 0 aromatic rings. The van der Waals surface area contributed by atoms with Gasteiger partial charge in [-0.3, -0.25) is 0 Å². The molecule has 0 heterocycles. The smallest absolute Gasteiger partial charge is 1.00 e. The first-order valence-electron chi connectivity index (χ1n) is 4.77. The van der Waals surface area contributed by atoms with E-state index < -0.39 is 20.2 Å². The van der Waals surface area contributed by atoms with Gasteiger partial charge in [0, 0.05) is 0 Å². The first kappa shape index (κ1) is 16.4. The summed E-state index contributed by atoms with van der Waals surface area (Å²) in [5.41, 5.74) is 5.66. The average molecular weight is 314 g/mol. The van der Waals surface area contributed by atoms with Crippen molar-refractivity contribution in [2.45, 2.75) is 55.1 Å². The average Bonchev–Trinajstić information content (AvgIpc) is 1.84. The minimum Gasteiger partial charge on any atom is -1.00 e. The predicted octanol–water partition coefficient (Wildman–Crippen LogP) is -0.836. The fourth-order valence-corrected chi connectivity index (χ4v) is 5.77. The van der Waals surface area contributed by atoms with Gasteiger partial charge in [0.25, 0.3) is 0 Å². The number of rotatable bonds is 6. The van der Waals surface area contributed by atoms with Gasteiger partial charge in [0.2, 0.25) is 0 Å². The summed E-state index contributed by atoms with van der Waals surface area (Å²) in [6.45, 7) is 6.31. The number of nitrogens with two attached hydrogens (primary N) is 1. The van der Waals surface area contributed by atoms with Crippen LogP contribution < -0.4 is 18.1 Å². The van der Waals surface area contributed by atoms with Crippen molar-refractivity contribution in [2.75, 3.05) is 0 Å². The molecule has 80 valence electrons. The van der Waals surface area contributed by atoms with Crippen LogP contribution in [0, 0.1) is 0 Å². The summed E-state index contributed by atoms with van der Waals surface area (Å²) in [6, 6.07) is 0.361. The summed E-state index contributed by atoms with van der Waals surface area (Å²) >= 11 is -1.40. The zero-order valence-corrected chi connectivity index (χ0v) is 12.7. The zero-order chi connectivity index (χ0) is 9.56. The number of halogens is 1. The van der Waals surface area contributed by atoms with Gasteiger partial charge in [-0.15, -0.1) is 0 Å². The van der Waals surface area contributed by atoms with Crippen LogP contribution in [0.1, 0.15) is 33.6 Å². The first-order chi connectivity index (χ1) is 5.52. The third kappa shape index (κ3) is 13.0. The molecule has 13 heavy (non-hydrogen) atoms. The van der Waals surface area contributed by atoms with Gasteiger partial charge in [-0.1, -0.05) is 0 Å². The minimum atomic E-state index is -1.40. The van der Waals surface area contributed by atoms with Crippen molar-refractivity contribution in [3.8, 4) is 0 Å². The third-order valence-corrected chi connectivity index (χ3v) is 7.14. The normalized spacial score (nSPS) is 12.5. The molecule has 0 rings (SSSR count). The Morgan fingerprint density at radius 2 is 1.85 bits per heavy atom. The van der Waals surface area contributed by atoms with Crippen LogP contribution in [0.5, 0.6) is 0 Å². The largest absolute Gasteiger partial charge is 1.00 e. The van der Waals surface area contributed by atoms with Gasteiger partial charge in [-0.05, 0) is 0 Å². The van der Waals surface area contributed by atoms with Crippen molar-refractivity contribution in [1.29, 1.82) is 0 Å². The van der Waals surface area contributed by atoms with Crippen LogP contribution in [-0.4, -0.2) is 32.3 Å². The van der Waals surface area contributed by atoms with Gasteiger partial charge >= 0.3 is 84.1 Å². The summed E-state index contributed by atoms with van der Waals surface area (Å²) in [6.07, 6.45) is 2.84. The molecule has 0 aromatic heterocycles. The second kappa shape index (κ2) is 9.56. The van der Waals surface area contributed by atoms with E-state index in [1.165, 1.54) is 10.9 Å². The van der Waals surface area contributed by atoms with E-state index in [0.29, 0.717) is 12.1 Å². The Hall–Kier alpha value is 1.01. The van der Waals surface area contributed by atoms with Crippen LogP contribution in [0.25, 0.3) is 0 Å². The Morgan fingerprint density at radius 3 is 2.23 bits per heavy atom. The van der Waals surface area contributed by atoms with Crippen LogP contribution in [0.3, 0.4) is 0 Å². The minimum absolute atomic E-state index is 0. The number of hydrogen-bond donors (Lipinski definition) is 1. The van der Waals surface area contributed by atoms with Crippen LogP contribution in [0.2, 0.25) is 9.38 Å². The molecule has 1 atom stereocenters. The summed E-state index contributed by atoms with van der Waals surface area (Å²) in [4.78, 5) is 2.32. The second-order valence-electron chi connectivity index (χ2n) is 3.74. The Morgan fingerprint density at radius 1 is 1.31 bits per heavy atom. The van der Waals surface area contributed by atoms with Gasteiger partial charge in [-0.2, -0.15) is 0 Å². The van der Waals surface area contributed by atoms with E-state index in [1.807, 2.05) is 0 Å². The Balaban J connectivity index is 0. The quantitative estimate of drug-likeness (QED) is 0.649.